The Morgan fingerprint density at radius 1 is 0.750 bits per heavy atom. The molecule has 80 heavy (non-hydrogen) atoms. The second-order valence-electron chi connectivity index (χ2n) is 22.5. The minimum atomic E-state index is -1.73. The van der Waals surface area contributed by atoms with E-state index in [1.54, 1.807) is 95.6 Å². The minimum Gasteiger partial charge on any atom is -0.467 e. The standard InChI is InChI=1S/C57H91N5O18/c1-20-32(6)44(60(15)53(69)42(30(2)3)59-52(68)43(31(4)5)61(16)56(71)80-57(12,13)14)40(72-17)29-41(66)62-28-24-27-39(62)45(73-18)33(7)51(67)58-34(8)46(38-25-22-21-23-26-38)78-55-50(77-37(11)65)48(76-36(10)64)47(75-35(9)63)49(79-55)54(70)74-19/h21-23,25-26,30-34,39-40,42-50,55H,20,24,27-29H2,1-19H3,(H,58,67)(H,59,68)/t32-,33+,34+,39-,40+,42-,43-,44-,45+,46+,47?,48?,49?,50?,55?/m0/s1. The van der Waals surface area contributed by atoms with Crippen LogP contribution in [0.1, 0.15) is 134 Å². The quantitative estimate of drug-likeness (QED) is 0.0923. The SMILES string of the molecule is CC[C@H](C)[C@@H]([C@@H](CC(=O)N1CCC[C@H]1[C@H](OC)[C@@H](C)C(=O)N[C@H](C)[C@@H](OC1OC(C(=O)OC)C(OC(C)=O)C(OC(C)=O)C1OC(C)=O)c1ccccc1)OC)N(C)C(=O)[C@@H](NC(=O)[C@H](C(C)C)N(C)C(=O)OC(C)(C)C)C(C)C. The molecule has 0 radical (unpaired) electrons. The van der Waals surface area contributed by atoms with E-state index in [-0.39, 0.29) is 30.1 Å². The molecular formula is C57H91N5O18. The maximum Gasteiger partial charge on any atom is 0.410 e. The summed E-state index contributed by atoms with van der Waals surface area (Å²) in [6, 6.07) is 4.60. The molecule has 0 aromatic heterocycles. The average molecular weight is 1130 g/mol. The van der Waals surface area contributed by atoms with Crippen molar-refractivity contribution in [1.29, 1.82) is 0 Å². The number of benzene rings is 1. The number of methoxy groups -OCH3 is 3. The number of nitrogens with zero attached hydrogens (tertiary/aromatic N) is 3. The van der Waals surface area contributed by atoms with E-state index in [9.17, 15) is 43.2 Å². The molecule has 5 amide bonds. The van der Waals surface area contributed by atoms with Gasteiger partial charge in [0.1, 0.15) is 23.8 Å². The number of hydrogen-bond acceptors (Lipinski definition) is 18. The topological polar surface area (TPSA) is 270 Å². The number of rotatable bonds is 26. The van der Waals surface area contributed by atoms with Gasteiger partial charge in [0.15, 0.2) is 24.4 Å². The molecule has 1 aromatic carbocycles. The Kier molecular flexibility index (Phi) is 26.3. The number of likely N-dealkylation sites (tertiary alicyclic amines) is 1. The van der Waals surface area contributed by atoms with Crippen LogP contribution in [0.3, 0.4) is 0 Å². The third-order valence-corrected chi connectivity index (χ3v) is 14.6. The number of amides is 5. The zero-order chi connectivity index (χ0) is 60.7. The van der Waals surface area contributed by atoms with Crippen molar-refractivity contribution in [3.05, 3.63) is 35.9 Å². The Labute approximate surface area is 472 Å². The second-order valence-corrected chi connectivity index (χ2v) is 22.5. The summed E-state index contributed by atoms with van der Waals surface area (Å²) in [6.07, 6.45) is -10.1. The van der Waals surface area contributed by atoms with Crippen molar-refractivity contribution >= 4 is 53.6 Å². The average Bonchev–Trinajstić information content (AvgIpc) is 3.89. The van der Waals surface area contributed by atoms with Crippen LogP contribution >= 0.6 is 0 Å². The lowest BCUT2D eigenvalue weighted by atomic mass is 9.89. The van der Waals surface area contributed by atoms with Crippen LogP contribution in [0.5, 0.6) is 0 Å². The fraction of sp³-hybridized carbons (Fsp3) is 0.737. The molecule has 452 valence electrons. The smallest absolute Gasteiger partial charge is 0.410 e. The molecule has 2 heterocycles. The molecule has 23 nitrogen and oxygen atoms in total. The van der Waals surface area contributed by atoms with Gasteiger partial charge in [0.2, 0.25) is 29.9 Å². The normalized spacial score (nSPS) is 22.7. The minimum absolute atomic E-state index is 0.132. The van der Waals surface area contributed by atoms with E-state index in [4.69, 9.17) is 42.6 Å². The maximum atomic E-state index is 14.7. The predicted molar refractivity (Wildman–Crippen MR) is 291 cm³/mol. The molecule has 2 aliphatic heterocycles. The van der Waals surface area contributed by atoms with Crippen LogP contribution in [-0.4, -0.2) is 189 Å². The summed E-state index contributed by atoms with van der Waals surface area (Å²) in [7, 11) is 7.15. The van der Waals surface area contributed by atoms with Crippen LogP contribution in [0, 0.1) is 23.7 Å². The maximum absolute atomic E-state index is 14.7. The van der Waals surface area contributed by atoms with E-state index >= 15 is 0 Å². The molecular weight excluding hydrogens is 1040 g/mol. The summed E-state index contributed by atoms with van der Waals surface area (Å²) in [4.78, 5) is 126. The van der Waals surface area contributed by atoms with Crippen LogP contribution in [0.2, 0.25) is 0 Å². The predicted octanol–water partition coefficient (Wildman–Crippen LogP) is 4.89. The monoisotopic (exact) mass is 1130 g/mol. The molecule has 0 saturated carbocycles. The number of esters is 4. The van der Waals surface area contributed by atoms with Gasteiger partial charge in [-0.05, 0) is 63.9 Å². The number of hydrogen-bond donors (Lipinski definition) is 2. The third-order valence-electron chi connectivity index (χ3n) is 14.6. The molecule has 2 aliphatic rings. The highest BCUT2D eigenvalue weighted by Crippen LogP contribution is 2.36. The summed E-state index contributed by atoms with van der Waals surface area (Å²) >= 11 is 0. The lowest BCUT2D eigenvalue weighted by Gasteiger charge is -2.44. The molecule has 15 atom stereocenters. The molecule has 5 unspecified atom stereocenters. The third kappa shape index (κ3) is 18.3. The zero-order valence-electron chi connectivity index (χ0n) is 50.4. The van der Waals surface area contributed by atoms with Crippen LogP contribution < -0.4 is 10.6 Å². The first-order chi connectivity index (χ1) is 37.3. The molecule has 1 aromatic rings. The number of carbonyl (C=O) groups is 9. The van der Waals surface area contributed by atoms with Gasteiger partial charge < -0.3 is 63.1 Å². The van der Waals surface area contributed by atoms with Crippen molar-refractivity contribution in [3.8, 4) is 0 Å². The van der Waals surface area contributed by atoms with E-state index in [2.05, 4.69) is 10.6 Å². The molecule has 0 bridgehead atoms. The van der Waals surface area contributed by atoms with Crippen molar-refractivity contribution in [2.24, 2.45) is 23.7 Å². The van der Waals surface area contributed by atoms with Crippen molar-refractivity contribution < 1.29 is 85.8 Å². The summed E-state index contributed by atoms with van der Waals surface area (Å²) in [5, 5.41) is 5.96. The van der Waals surface area contributed by atoms with Gasteiger partial charge in [-0.3, -0.25) is 38.5 Å². The van der Waals surface area contributed by atoms with Crippen LogP contribution in [-0.2, 0) is 81.0 Å². The highest BCUT2D eigenvalue weighted by atomic mass is 16.7. The summed E-state index contributed by atoms with van der Waals surface area (Å²) in [6.45, 7) is 23.3. The van der Waals surface area contributed by atoms with Gasteiger partial charge in [0.05, 0.1) is 49.8 Å². The van der Waals surface area contributed by atoms with E-state index in [0.717, 1.165) is 27.9 Å². The Hall–Kier alpha value is -5.91. The Bertz CT molecular complexity index is 2260. The lowest BCUT2D eigenvalue weighted by molar-refractivity contribution is -0.312. The summed E-state index contributed by atoms with van der Waals surface area (Å²) in [5.74, 6) is -7.06. The largest absolute Gasteiger partial charge is 0.467 e. The van der Waals surface area contributed by atoms with Gasteiger partial charge >= 0.3 is 30.0 Å². The molecule has 2 N–H and O–H groups in total. The molecule has 2 saturated heterocycles. The van der Waals surface area contributed by atoms with E-state index < -0.39 is 138 Å². The van der Waals surface area contributed by atoms with Gasteiger partial charge in [-0.2, -0.15) is 0 Å². The highest BCUT2D eigenvalue weighted by Gasteiger charge is 2.56. The molecule has 0 aliphatic carbocycles. The molecule has 3 rings (SSSR count). The van der Waals surface area contributed by atoms with Gasteiger partial charge in [-0.1, -0.05) is 85.2 Å². The lowest BCUT2D eigenvalue weighted by Crippen LogP contribution is -2.64. The fourth-order valence-electron chi connectivity index (χ4n) is 10.5. The summed E-state index contributed by atoms with van der Waals surface area (Å²) in [5.41, 5.74) is -0.288. The van der Waals surface area contributed by atoms with Crippen LogP contribution in [0.15, 0.2) is 30.3 Å². The van der Waals surface area contributed by atoms with E-state index in [1.165, 1.54) is 26.2 Å². The first kappa shape index (κ1) is 68.4. The van der Waals surface area contributed by atoms with Crippen molar-refractivity contribution in [3.63, 3.8) is 0 Å². The van der Waals surface area contributed by atoms with Crippen molar-refractivity contribution in [2.75, 3.05) is 42.0 Å². The van der Waals surface area contributed by atoms with Gasteiger partial charge in [-0.25, -0.2) is 9.59 Å². The molecule has 2 fully saturated rings. The van der Waals surface area contributed by atoms with Gasteiger partial charge in [0, 0.05) is 55.6 Å². The first-order valence-electron chi connectivity index (χ1n) is 27.5. The summed E-state index contributed by atoms with van der Waals surface area (Å²) < 4.78 is 51.9. The van der Waals surface area contributed by atoms with Crippen molar-refractivity contribution in [2.45, 2.75) is 207 Å². The first-order valence-corrected chi connectivity index (χ1v) is 27.5. The van der Waals surface area contributed by atoms with Crippen LogP contribution in [0.4, 0.5) is 4.79 Å². The van der Waals surface area contributed by atoms with Crippen molar-refractivity contribution in [1.82, 2.24) is 25.3 Å². The van der Waals surface area contributed by atoms with Crippen LogP contribution in [0.25, 0.3) is 0 Å². The Balaban J connectivity index is 1.92. The molecule has 0 spiro atoms. The highest BCUT2D eigenvalue weighted by molar-refractivity contribution is 5.92. The Morgan fingerprint density at radius 2 is 1.32 bits per heavy atom. The zero-order valence-corrected chi connectivity index (χ0v) is 50.4. The van der Waals surface area contributed by atoms with Gasteiger partial charge in [-0.15, -0.1) is 0 Å². The number of carbonyl (C=O) groups excluding carboxylic acids is 9. The number of likely N-dealkylation sites (N-methyl/N-ethyl adjacent to an activating group) is 2. The Morgan fingerprint density at radius 3 is 1.82 bits per heavy atom. The number of nitrogens with one attached hydrogen (secondary N) is 2. The number of ether oxygens (including phenoxy) is 9. The van der Waals surface area contributed by atoms with E-state index in [0.29, 0.717) is 31.4 Å². The molecule has 23 heteroatoms. The fourth-order valence-corrected chi connectivity index (χ4v) is 10.5. The second kappa shape index (κ2) is 30.8. The van der Waals surface area contributed by atoms with Gasteiger partial charge in [0.25, 0.3) is 0 Å². The van der Waals surface area contributed by atoms with E-state index in [1.807, 2.05) is 27.7 Å².